The van der Waals surface area contributed by atoms with Crippen molar-refractivity contribution in [1.29, 1.82) is 0 Å². The maximum absolute atomic E-state index is 4.42. The Hall–Kier alpha value is -3.18. The van der Waals surface area contributed by atoms with E-state index < -0.39 is 0 Å². The largest absolute Gasteiger partial charge is 0.307 e. The number of hydrogen-bond acceptors (Lipinski definition) is 3. The van der Waals surface area contributed by atoms with Gasteiger partial charge in [0.25, 0.3) is 0 Å². The summed E-state index contributed by atoms with van der Waals surface area (Å²) in [5, 5.41) is 18.4. The van der Waals surface area contributed by atoms with Gasteiger partial charge >= 0.3 is 0 Å². The van der Waals surface area contributed by atoms with Crippen molar-refractivity contribution < 1.29 is 0 Å². The lowest BCUT2D eigenvalue weighted by atomic mass is 9.92. The van der Waals surface area contributed by atoms with Gasteiger partial charge in [0.1, 0.15) is 0 Å². The molecule has 5 nitrogen and oxygen atoms in total. The molecular weight excluding hydrogens is 358 g/mol. The molecule has 148 valence electrons. The molecule has 0 bridgehead atoms. The van der Waals surface area contributed by atoms with Gasteiger partial charge in [-0.15, -0.1) is 0 Å². The maximum atomic E-state index is 4.42. The summed E-state index contributed by atoms with van der Waals surface area (Å²) in [4.78, 5) is 0. The lowest BCUT2D eigenvalue weighted by Gasteiger charge is -2.13. The minimum atomic E-state index is 0.0540. The third-order valence-electron chi connectivity index (χ3n) is 5.03. The van der Waals surface area contributed by atoms with Crippen LogP contribution < -0.4 is 5.32 Å². The minimum absolute atomic E-state index is 0.0540. The Labute approximate surface area is 171 Å². The fourth-order valence-corrected chi connectivity index (χ4v) is 3.32. The van der Waals surface area contributed by atoms with Gasteiger partial charge in [0, 0.05) is 29.8 Å². The van der Waals surface area contributed by atoms with E-state index in [0.29, 0.717) is 0 Å². The van der Waals surface area contributed by atoms with E-state index in [9.17, 15) is 0 Å². The summed E-state index contributed by atoms with van der Waals surface area (Å²) in [5.74, 6) is 0. The molecule has 0 aliphatic heterocycles. The van der Waals surface area contributed by atoms with E-state index in [-0.39, 0.29) is 5.41 Å². The van der Waals surface area contributed by atoms with Crippen LogP contribution in [0.5, 0.6) is 0 Å². The normalized spacial score (nSPS) is 11.7. The summed E-state index contributed by atoms with van der Waals surface area (Å²) in [5.41, 5.74) is 7.99. The van der Waals surface area contributed by atoms with Crippen molar-refractivity contribution in [3.05, 3.63) is 83.8 Å². The van der Waals surface area contributed by atoms with E-state index >= 15 is 0 Å². The zero-order valence-electron chi connectivity index (χ0n) is 17.2. The zero-order valence-corrected chi connectivity index (χ0v) is 17.2. The molecule has 2 heterocycles. The molecule has 0 atom stereocenters. The van der Waals surface area contributed by atoms with E-state index in [0.717, 1.165) is 41.3 Å². The summed E-state index contributed by atoms with van der Waals surface area (Å²) in [6, 6.07) is 21.1. The van der Waals surface area contributed by atoms with E-state index in [1.165, 1.54) is 11.1 Å². The van der Waals surface area contributed by atoms with Gasteiger partial charge in [-0.25, -0.2) is 0 Å². The van der Waals surface area contributed by atoms with Gasteiger partial charge in [-0.1, -0.05) is 75.4 Å². The summed E-state index contributed by atoms with van der Waals surface area (Å²) in [7, 11) is 0. The molecule has 2 aromatic carbocycles. The fourth-order valence-electron chi connectivity index (χ4n) is 3.32. The number of nitrogens with one attached hydrogen (secondary N) is 3. The van der Waals surface area contributed by atoms with Crippen LogP contribution in [0, 0.1) is 0 Å². The van der Waals surface area contributed by atoms with E-state index in [4.69, 9.17) is 0 Å². The van der Waals surface area contributed by atoms with E-state index in [2.05, 4.69) is 101 Å². The van der Waals surface area contributed by atoms with Gasteiger partial charge in [-0.05, 0) is 22.8 Å². The summed E-state index contributed by atoms with van der Waals surface area (Å²) in [6.45, 7) is 7.97. The molecule has 29 heavy (non-hydrogen) atoms. The molecule has 0 spiro atoms. The number of nitrogens with zero attached hydrogens (tertiary/aromatic N) is 2. The van der Waals surface area contributed by atoms with Crippen LogP contribution in [0.1, 0.15) is 37.7 Å². The van der Waals surface area contributed by atoms with E-state index in [1.807, 2.05) is 12.3 Å². The SMILES string of the molecule is CC(C)(C)c1cc(CNCc2cn[nH]c2-c2ccc(-c3ccccc3)cc2)[nH]n1. The predicted octanol–water partition coefficient (Wildman–Crippen LogP) is 5.05. The van der Waals surface area contributed by atoms with Crippen LogP contribution >= 0.6 is 0 Å². The van der Waals surface area contributed by atoms with Crippen LogP contribution in [0.4, 0.5) is 0 Å². The van der Waals surface area contributed by atoms with Crippen molar-refractivity contribution in [1.82, 2.24) is 25.7 Å². The monoisotopic (exact) mass is 385 g/mol. The highest BCUT2D eigenvalue weighted by Gasteiger charge is 2.17. The Kier molecular flexibility index (Phi) is 5.32. The van der Waals surface area contributed by atoms with Crippen LogP contribution in [0.3, 0.4) is 0 Å². The van der Waals surface area contributed by atoms with Crippen molar-refractivity contribution in [2.45, 2.75) is 39.3 Å². The smallest absolute Gasteiger partial charge is 0.0695 e. The first-order chi connectivity index (χ1) is 14.0. The Balaban J connectivity index is 1.41. The van der Waals surface area contributed by atoms with Crippen LogP contribution in [0.2, 0.25) is 0 Å². The van der Waals surface area contributed by atoms with Crippen LogP contribution in [-0.2, 0) is 18.5 Å². The van der Waals surface area contributed by atoms with Crippen LogP contribution in [0.25, 0.3) is 22.4 Å². The van der Waals surface area contributed by atoms with Crippen LogP contribution in [-0.4, -0.2) is 20.4 Å². The summed E-state index contributed by atoms with van der Waals surface area (Å²) in [6.07, 6.45) is 1.89. The molecular formula is C24H27N5. The molecule has 0 aliphatic carbocycles. The highest BCUT2D eigenvalue weighted by molar-refractivity contribution is 5.69. The average molecular weight is 386 g/mol. The second kappa shape index (κ2) is 8.05. The molecule has 2 aromatic heterocycles. The zero-order chi connectivity index (χ0) is 20.3. The molecule has 0 aliphatic rings. The fraction of sp³-hybridized carbons (Fsp3) is 0.250. The summed E-state index contributed by atoms with van der Waals surface area (Å²) >= 11 is 0. The molecule has 3 N–H and O–H groups in total. The molecule has 4 aromatic rings. The molecule has 4 rings (SSSR count). The number of aromatic nitrogens is 4. The van der Waals surface area contributed by atoms with Gasteiger partial charge in [-0.2, -0.15) is 10.2 Å². The number of rotatable bonds is 6. The predicted molar refractivity (Wildman–Crippen MR) is 117 cm³/mol. The third-order valence-corrected chi connectivity index (χ3v) is 5.03. The van der Waals surface area contributed by atoms with Gasteiger partial charge in [0.15, 0.2) is 0 Å². The topological polar surface area (TPSA) is 69.4 Å². The molecule has 0 fully saturated rings. The Bertz CT molecular complexity index is 1050. The van der Waals surface area contributed by atoms with Crippen LogP contribution in [0.15, 0.2) is 66.9 Å². The number of aromatic amines is 2. The second-order valence-electron chi connectivity index (χ2n) is 8.35. The lowest BCUT2D eigenvalue weighted by Crippen LogP contribution is -2.13. The second-order valence-corrected chi connectivity index (χ2v) is 8.35. The van der Waals surface area contributed by atoms with Crippen molar-refractivity contribution in [3.8, 4) is 22.4 Å². The Morgan fingerprint density at radius 1 is 0.828 bits per heavy atom. The van der Waals surface area contributed by atoms with Crippen molar-refractivity contribution in [3.63, 3.8) is 0 Å². The van der Waals surface area contributed by atoms with E-state index in [1.54, 1.807) is 0 Å². The first kappa shape index (κ1) is 19.2. The molecule has 0 amide bonds. The minimum Gasteiger partial charge on any atom is -0.307 e. The average Bonchev–Trinajstić information content (AvgIpc) is 3.38. The highest BCUT2D eigenvalue weighted by atomic mass is 15.1. The molecule has 5 heteroatoms. The first-order valence-electron chi connectivity index (χ1n) is 9.94. The number of hydrogen-bond donors (Lipinski definition) is 3. The number of H-pyrrole nitrogens is 2. The lowest BCUT2D eigenvalue weighted by molar-refractivity contribution is 0.567. The Morgan fingerprint density at radius 3 is 2.21 bits per heavy atom. The number of benzene rings is 2. The third kappa shape index (κ3) is 4.46. The summed E-state index contributed by atoms with van der Waals surface area (Å²) < 4.78 is 0. The standard InChI is InChI=1S/C24H27N5/c1-24(2,3)22-13-21(27-28-22)16-25-14-20-15-26-29-23(20)19-11-9-18(10-12-19)17-7-5-4-6-8-17/h4-13,15,25H,14,16H2,1-3H3,(H,26,29)(H,27,28). The molecule has 0 unspecified atom stereocenters. The molecule has 0 saturated carbocycles. The van der Waals surface area contributed by atoms with Gasteiger partial charge in [0.2, 0.25) is 0 Å². The quantitative estimate of drug-likeness (QED) is 0.435. The van der Waals surface area contributed by atoms with Crippen molar-refractivity contribution in [2.24, 2.45) is 0 Å². The Morgan fingerprint density at radius 2 is 1.52 bits per heavy atom. The molecule has 0 saturated heterocycles. The van der Waals surface area contributed by atoms with Gasteiger partial charge in [-0.3, -0.25) is 10.2 Å². The molecule has 0 radical (unpaired) electrons. The highest BCUT2D eigenvalue weighted by Crippen LogP contribution is 2.26. The first-order valence-corrected chi connectivity index (χ1v) is 9.94. The van der Waals surface area contributed by atoms with Gasteiger partial charge in [0.05, 0.1) is 17.6 Å². The maximum Gasteiger partial charge on any atom is 0.0695 e. The van der Waals surface area contributed by atoms with Crippen molar-refractivity contribution in [2.75, 3.05) is 0 Å². The van der Waals surface area contributed by atoms with Crippen molar-refractivity contribution >= 4 is 0 Å². The van der Waals surface area contributed by atoms with Gasteiger partial charge < -0.3 is 5.32 Å².